The molecule has 1 atom stereocenters. The van der Waals surface area contributed by atoms with E-state index in [1.165, 1.54) is 0 Å². The lowest BCUT2D eigenvalue weighted by Gasteiger charge is -2.23. The quantitative estimate of drug-likeness (QED) is 0.720. The summed E-state index contributed by atoms with van der Waals surface area (Å²) in [7, 11) is 0. The van der Waals surface area contributed by atoms with Gasteiger partial charge in [-0.1, -0.05) is 0 Å². The van der Waals surface area contributed by atoms with Crippen LogP contribution in [0.5, 0.6) is 5.75 Å². The van der Waals surface area contributed by atoms with Crippen molar-refractivity contribution in [2.45, 2.75) is 25.3 Å². The van der Waals surface area contributed by atoms with E-state index in [-0.39, 0.29) is 6.04 Å². The summed E-state index contributed by atoms with van der Waals surface area (Å²) in [5, 5.41) is 9.69. The van der Waals surface area contributed by atoms with Gasteiger partial charge in [0, 0.05) is 9.61 Å². The Labute approximate surface area is 91.3 Å². The van der Waals surface area contributed by atoms with Gasteiger partial charge in [-0.15, -0.1) is 0 Å². The Morgan fingerprint density at radius 2 is 2.23 bits per heavy atom. The van der Waals surface area contributed by atoms with Gasteiger partial charge in [-0.05, 0) is 65.1 Å². The number of fused-ring (bicyclic) bond motifs is 1. The van der Waals surface area contributed by atoms with Crippen LogP contribution in [-0.2, 0) is 6.42 Å². The number of hydrogen-bond acceptors (Lipinski definition) is 2. The van der Waals surface area contributed by atoms with Gasteiger partial charge in [0.25, 0.3) is 0 Å². The summed E-state index contributed by atoms with van der Waals surface area (Å²) >= 11 is 2.21. The van der Waals surface area contributed by atoms with Crippen LogP contribution in [0.1, 0.15) is 30.0 Å². The van der Waals surface area contributed by atoms with E-state index in [9.17, 15) is 5.11 Å². The Bertz CT molecular complexity index is 338. The molecule has 0 spiro atoms. The molecule has 0 amide bonds. The van der Waals surface area contributed by atoms with Crippen LogP contribution < -0.4 is 5.73 Å². The third-order valence-electron chi connectivity index (χ3n) is 2.57. The lowest BCUT2D eigenvalue weighted by atomic mass is 9.88. The molecule has 0 heterocycles. The number of benzene rings is 1. The molecule has 0 fully saturated rings. The molecule has 3 heteroatoms. The van der Waals surface area contributed by atoms with Gasteiger partial charge in [-0.25, -0.2) is 0 Å². The average molecular weight is 289 g/mol. The minimum Gasteiger partial charge on any atom is -0.508 e. The number of rotatable bonds is 0. The predicted octanol–water partition coefficient (Wildman–Crippen LogP) is 2.33. The first kappa shape index (κ1) is 9.27. The van der Waals surface area contributed by atoms with Gasteiger partial charge in [0.1, 0.15) is 5.75 Å². The molecule has 1 aliphatic rings. The highest BCUT2D eigenvalue weighted by Crippen LogP contribution is 2.34. The molecule has 1 aromatic rings. The molecule has 0 saturated heterocycles. The minimum absolute atomic E-state index is 0.115. The number of halogens is 1. The van der Waals surface area contributed by atoms with E-state index in [1.54, 1.807) is 6.07 Å². The second kappa shape index (κ2) is 3.46. The summed E-state index contributed by atoms with van der Waals surface area (Å²) in [6.45, 7) is 0. The zero-order chi connectivity index (χ0) is 9.42. The van der Waals surface area contributed by atoms with Gasteiger partial charge in [0.15, 0.2) is 0 Å². The highest BCUT2D eigenvalue weighted by molar-refractivity contribution is 14.1. The van der Waals surface area contributed by atoms with Gasteiger partial charge in [0.05, 0.1) is 0 Å². The Kier molecular flexibility index (Phi) is 2.47. The Morgan fingerprint density at radius 1 is 1.46 bits per heavy atom. The maximum atomic E-state index is 9.69. The molecular weight excluding hydrogens is 277 g/mol. The van der Waals surface area contributed by atoms with E-state index in [2.05, 4.69) is 28.7 Å². The molecule has 0 unspecified atom stereocenters. The number of phenols is 1. The number of nitrogens with two attached hydrogens (primary N) is 1. The summed E-state index contributed by atoms with van der Waals surface area (Å²) in [4.78, 5) is 0. The maximum absolute atomic E-state index is 9.69. The van der Waals surface area contributed by atoms with Crippen molar-refractivity contribution < 1.29 is 5.11 Å². The largest absolute Gasteiger partial charge is 0.508 e. The lowest BCUT2D eigenvalue weighted by molar-refractivity contribution is 0.454. The van der Waals surface area contributed by atoms with Gasteiger partial charge in [-0.3, -0.25) is 0 Å². The predicted molar refractivity (Wildman–Crippen MR) is 60.7 cm³/mol. The fourth-order valence-corrected chi connectivity index (χ4v) is 2.53. The molecular formula is C10H12INO. The van der Waals surface area contributed by atoms with E-state index in [0.717, 1.165) is 34.0 Å². The molecule has 1 aromatic carbocycles. The highest BCUT2D eigenvalue weighted by atomic mass is 127. The molecule has 3 N–H and O–H groups in total. The molecule has 13 heavy (non-hydrogen) atoms. The van der Waals surface area contributed by atoms with Crippen LogP contribution in [0.2, 0.25) is 0 Å². The number of phenolic OH excluding ortho intramolecular Hbond substituents is 1. The fourth-order valence-electron chi connectivity index (χ4n) is 1.90. The summed E-state index contributed by atoms with van der Waals surface area (Å²) in [5.74, 6) is 0.414. The average Bonchev–Trinajstić information content (AvgIpc) is 2.07. The standard InChI is InChI=1S/C10H12INO/c11-6-4-8-7(10(13)5-6)2-1-3-9(8)12/h4-5,9,13H,1-3,12H2/t9-/m1/s1. The summed E-state index contributed by atoms with van der Waals surface area (Å²) < 4.78 is 1.06. The second-order valence-corrected chi connectivity index (χ2v) is 4.74. The first-order chi connectivity index (χ1) is 6.18. The van der Waals surface area contributed by atoms with Crippen molar-refractivity contribution in [2.75, 3.05) is 0 Å². The van der Waals surface area contributed by atoms with Gasteiger partial charge in [-0.2, -0.15) is 0 Å². The first-order valence-electron chi connectivity index (χ1n) is 4.45. The number of hydrogen-bond donors (Lipinski definition) is 2. The normalized spacial score (nSPS) is 21.2. The van der Waals surface area contributed by atoms with E-state index in [1.807, 2.05) is 0 Å². The van der Waals surface area contributed by atoms with Gasteiger partial charge >= 0.3 is 0 Å². The molecule has 70 valence electrons. The zero-order valence-electron chi connectivity index (χ0n) is 7.26. The van der Waals surface area contributed by atoms with E-state index < -0.39 is 0 Å². The fraction of sp³-hybridized carbons (Fsp3) is 0.400. The van der Waals surface area contributed by atoms with E-state index >= 15 is 0 Å². The van der Waals surface area contributed by atoms with Crippen molar-refractivity contribution >= 4 is 22.6 Å². The van der Waals surface area contributed by atoms with Crippen LogP contribution in [0.3, 0.4) is 0 Å². The first-order valence-corrected chi connectivity index (χ1v) is 5.53. The van der Waals surface area contributed by atoms with Crippen molar-refractivity contribution in [3.05, 3.63) is 26.8 Å². The van der Waals surface area contributed by atoms with Crippen LogP contribution in [0, 0.1) is 3.57 Å². The second-order valence-electron chi connectivity index (χ2n) is 3.49. The van der Waals surface area contributed by atoms with Crippen molar-refractivity contribution in [3.63, 3.8) is 0 Å². The Morgan fingerprint density at radius 3 is 3.00 bits per heavy atom. The summed E-state index contributed by atoms with van der Waals surface area (Å²) in [6.07, 6.45) is 3.08. The Hall–Kier alpha value is -0.290. The van der Waals surface area contributed by atoms with Crippen LogP contribution >= 0.6 is 22.6 Å². The molecule has 0 bridgehead atoms. The van der Waals surface area contributed by atoms with Crippen molar-refractivity contribution in [2.24, 2.45) is 5.73 Å². The molecule has 1 aliphatic carbocycles. The molecule has 2 nitrogen and oxygen atoms in total. The lowest BCUT2D eigenvalue weighted by Crippen LogP contribution is -2.17. The van der Waals surface area contributed by atoms with Crippen LogP contribution in [0.25, 0.3) is 0 Å². The van der Waals surface area contributed by atoms with Crippen LogP contribution in [-0.4, -0.2) is 5.11 Å². The molecule has 0 aliphatic heterocycles. The topological polar surface area (TPSA) is 46.2 Å². The third-order valence-corrected chi connectivity index (χ3v) is 3.19. The zero-order valence-corrected chi connectivity index (χ0v) is 9.41. The van der Waals surface area contributed by atoms with Gasteiger partial charge < -0.3 is 10.8 Å². The SMILES string of the molecule is N[C@@H]1CCCc2c(O)cc(I)cc21. The minimum atomic E-state index is 0.115. The Balaban J connectivity index is 2.56. The summed E-state index contributed by atoms with van der Waals surface area (Å²) in [5.41, 5.74) is 8.16. The molecule has 0 aromatic heterocycles. The third kappa shape index (κ3) is 1.67. The smallest absolute Gasteiger partial charge is 0.120 e. The van der Waals surface area contributed by atoms with Crippen molar-refractivity contribution in [1.82, 2.24) is 0 Å². The highest BCUT2D eigenvalue weighted by Gasteiger charge is 2.19. The summed E-state index contributed by atoms with van der Waals surface area (Å²) in [6, 6.07) is 4.00. The molecule has 0 saturated carbocycles. The molecule has 0 radical (unpaired) electrons. The van der Waals surface area contributed by atoms with Crippen molar-refractivity contribution in [1.29, 1.82) is 0 Å². The monoisotopic (exact) mass is 289 g/mol. The van der Waals surface area contributed by atoms with E-state index in [0.29, 0.717) is 5.75 Å². The van der Waals surface area contributed by atoms with Crippen molar-refractivity contribution in [3.8, 4) is 5.75 Å². The van der Waals surface area contributed by atoms with Crippen LogP contribution in [0.15, 0.2) is 12.1 Å². The van der Waals surface area contributed by atoms with Crippen LogP contribution in [0.4, 0.5) is 0 Å². The number of aromatic hydroxyl groups is 1. The maximum Gasteiger partial charge on any atom is 0.120 e. The van der Waals surface area contributed by atoms with E-state index in [4.69, 9.17) is 5.73 Å². The van der Waals surface area contributed by atoms with Gasteiger partial charge in [0.2, 0.25) is 0 Å². The molecule has 2 rings (SSSR count).